The lowest BCUT2D eigenvalue weighted by Crippen LogP contribution is -2.49. The van der Waals surface area contributed by atoms with Gasteiger partial charge >= 0.3 is 11.9 Å². The van der Waals surface area contributed by atoms with Gasteiger partial charge in [0.25, 0.3) is 0 Å². The van der Waals surface area contributed by atoms with Crippen molar-refractivity contribution in [2.24, 2.45) is 11.5 Å². The summed E-state index contributed by atoms with van der Waals surface area (Å²) in [6, 6.07) is -2.47. The molecule has 12 heteroatoms. The van der Waals surface area contributed by atoms with Crippen LogP contribution in [0.5, 0.6) is 0 Å². The Balaban J connectivity index is 4.14. The lowest BCUT2D eigenvalue weighted by Gasteiger charge is -2.14. The van der Waals surface area contributed by atoms with E-state index < -0.39 is 48.8 Å². The van der Waals surface area contributed by atoms with Gasteiger partial charge in [-0.2, -0.15) is 0 Å². The van der Waals surface area contributed by atoms with E-state index in [1.54, 1.807) is 0 Å². The van der Waals surface area contributed by atoms with E-state index in [-0.39, 0.29) is 12.4 Å². The first-order valence-electron chi connectivity index (χ1n) is 6.98. The third-order valence-electron chi connectivity index (χ3n) is 2.78. The molecular formula is C12H22N6O6. The first-order chi connectivity index (χ1) is 11.1. The van der Waals surface area contributed by atoms with Crippen molar-refractivity contribution in [2.75, 3.05) is 13.1 Å². The van der Waals surface area contributed by atoms with Gasteiger partial charge in [-0.25, -0.2) is 4.79 Å². The highest BCUT2D eigenvalue weighted by Crippen LogP contribution is 1.94. The number of carbonyl (C=O) groups is 4. The fraction of sp³-hybridized carbons (Fsp3) is 0.583. The van der Waals surface area contributed by atoms with Crippen LogP contribution in [0.3, 0.4) is 0 Å². The molecule has 0 spiro atoms. The number of carboxylic acid groups (broad SMARTS) is 2. The Bertz CT molecular complexity index is 496. The summed E-state index contributed by atoms with van der Waals surface area (Å²) < 4.78 is 0. The minimum Gasteiger partial charge on any atom is -0.481 e. The molecule has 0 radical (unpaired) electrons. The van der Waals surface area contributed by atoms with E-state index in [9.17, 15) is 19.2 Å². The molecule has 0 rings (SSSR count). The molecule has 24 heavy (non-hydrogen) atoms. The molecule has 0 heterocycles. The first-order valence-corrected chi connectivity index (χ1v) is 6.98. The summed E-state index contributed by atoms with van der Waals surface area (Å²) in [6.07, 6.45) is -0.0256. The standard InChI is InChI=1S/C12H22N6O6/c13-6(2-1-3-16-12(14)15)10(22)17-5-8(19)18-7(11(23)24)4-9(20)21/h6-7H,1-5,13H2,(H,17,22)(H,18,19)(H,20,21)(H,23,24)(H4,14,15,16)/t6-,7+/m0/s1. The van der Waals surface area contributed by atoms with Crippen LogP contribution in [-0.2, 0) is 19.2 Å². The number of hydrogen-bond acceptors (Lipinski definition) is 6. The minimum absolute atomic E-state index is 0.195. The molecular weight excluding hydrogens is 324 g/mol. The van der Waals surface area contributed by atoms with Gasteiger partial charge < -0.3 is 37.6 Å². The first kappa shape index (κ1) is 21.1. The topological polar surface area (TPSA) is 221 Å². The Morgan fingerprint density at radius 1 is 1.12 bits per heavy atom. The zero-order valence-electron chi connectivity index (χ0n) is 12.9. The van der Waals surface area contributed by atoms with E-state index in [1.165, 1.54) is 0 Å². The Kier molecular flexibility index (Phi) is 9.48. The van der Waals surface area contributed by atoms with E-state index in [0.29, 0.717) is 13.0 Å². The smallest absolute Gasteiger partial charge is 0.326 e. The number of guanidine groups is 1. The molecule has 0 aliphatic heterocycles. The van der Waals surface area contributed by atoms with Gasteiger partial charge in [0.15, 0.2) is 5.96 Å². The Hall–Kier alpha value is -2.89. The largest absolute Gasteiger partial charge is 0.481 e. The van der Waals surface area contributed by atoms with Gasteiger partial charge in [-0.1, -0.05) is 0 Å². The number of rotatable bonds is 11. The average molecular weight is 346 g/mol. The molecule has 0 aromatic rings. The Morgan fingerprint density at radius 3 is 2.25 bits per heavy atom. The predicted molar refractivity (Wildman–Crippen MR) is 82.0 cm³/mol. The van der Waals surface area contributed by atoms with Crippen LogP contribution in [0, 0.1) is 5.41 Å². The fourth-order valence-electron chi connectivity index (χ4n) is 1.59. The predicted octanol–water partition coefficient (Wildman–Crippen LogP) is -3.26. The maximum absolute atomic E-state index is 11.7. The van der Waals surface area contributed by atoms with Crippen LogP contribution < -0.4 is 27.4 Å². The van der Waals surface area contributed by atoms with Crippen LogP contribution in [0.1, 0.15) is 19.3 Å². The van der Waals surface area contributed by atoms with Crippen LogP contribution >= 0.6 is 0 Å². The van der Waals surface area contributed by atoms with Gasteiger partial charge in [0, 0.05) is 6.54 Å². The molecule has 0 aromatic carbocycles. The molecule has 136 valence electrons. The van der Waals surface area contributed by atoms with Crippen molar-refractivity contribution < 1.29 is 29.4 Å². The zero-order valence-corrected chi connectivity index (χ0v) is 12.9. The summed E-state index contributed by atoms with van der Waals surface area (Å²) in [7, 11) is 0. The molecule has 0 aromatic heterocycles. The normalized spacial score (nSPS) is 12.5. The van der Waals surface area contributed by atoms with E-state index in [0.717, 1.165) is 0 Å². The summed E-state index contributed by atoms with van der Waals surface area (Å²) in [4.78, 5) is 44.5. The minimum atomic E-state index is -1.58. The second-order valence-electron chi connectivity index (χ2n) is 4.86. The number of nitrogens with one attached hydrogen (secondary N) is 4. The SMILES string of the molecule is N=C(N)NCCC[C@H](N)C(=O)NCC(=O)N[C@H](CC(=O)O)C(=O)O. The van der Waals surface area contributed by atoms with E-state index in [2.05, 4.69) is 10.6 Å². The van der Waals surface area contributed by atoms with Crippen molar-refractivity contribution >= 4 is 29.7 Å². The summed E-state index contributed by atoms with van der Waals surface area (Å²) in [5.74, 6) is -4.53. The maximum Gasteiger partial charge on any atom is 0.326 e. The molecule has 2 atom stereocenters. The van der Waals surface area contributed by atoms with Crippen LogP contribution in [0.4, 0.5) is 0 Å². The third-order valence-corrected chi connectivity index (χ3v) is 2.78. The third kappa shape index (κ3) is 9.94. The van der Waals surface area contributed by atoms with Gasteiger partial charge in [0.05, 0.1) is 19.0 Å². The molecule has 0 saturated heterocycles. The monoisotopic (exact) mass is 346 g/mol. The highest BCUT2D eigenvalue weighted by atomic mass is 16.4. The summed E-state index contributed by atoms with van der Waals surface area (Å²) >= 11 is 0. The Morgan fingerprint density at radius 2 is 1.75 bits per heavy atom. The van der Waals surface area contributed by atoms with Crippen molar-refractivity contribution in [3.05, 3.63) is 0 Å². The van der Waals surface area contributed by atoms with Gasteiger partial charge in [0.1, 0.15) is 6.04 Å². The molecule has 2 amide bonds. The average Bonchev–Trinajstić information content (AvgIpc) is 2.47. The van der Waals surface area contributed by atoms with Crippen LogP contribution in [0.25, 0.3) is 0 Å². The van der Waals surface area contributed by atoms with Gasteiger partial charge in [0.2, 0.25) is 11.8 Å². The van der Waals surface area contributed by atoms with Crippen molar-refractivity contribution in [2.45, 2.75) is 31.3 Å². The summed E-state index contributed by atoms with van der Waals surface area (Å²) in [5, 5.41) is 31.0. The lowest BCUT2D eigenvalue weighted by molar-refractivity contribution is -0.147. The number of aliphatic carboxylic acids is 2. The maximum atomic E-state index is 11.7. The van der Waals surface area contributed by atoms with Gasteiger partial charge in [-0.05, 0) is 12.8 Å². The highest BCUT2D eigenvalue weighted by Gasteiger charge is 2.23. The molecule has 12 nitrogen and oxygen atoms in total. The van der Waals surface area contributed by atoms with Crippen molar-refractivity contribution in [1.29, 1.82) is 5.41 Å². The fourth-order valence-corrected chi connectivity index (χ4v) is 1.59. The summed E-state index contributed by atoms with van der Waals surface area (Å²) in [6.45, 7) is -0.159. The Labute approximate surface area is 137 Å². The zero-order chi connectivity index (χ0) is 18.7. The second-order valence-corrected chi connectivity index (χ2v) is 4.86. The number of nitrogens with two attached hydrogens (primary N) is 2. The lowest BCUT2D eigenvalue weighted by atomic mass is 10.1. The van der Waals surface area contributed by atoms with E-state index >= 15 is 0 Å². The quantitative estimate of drug-likeness (QED) is 0.107. The van der Waals surface area contributed by atoms with E-state index in [4.69, 9.17) is 27.1 Å². The van der Waals surface area contributed by atoms with E-state index in [1.807, 2.05) is 5.32 Å². The number of carbonyl (C=O) groups excluding carboxylic acids is 2. The van der Waals surface area contributed by atoms with Crippen molar-refractivity contribution in [1.82, 2.24) is 16.0 Å². The molecule has 0 aliphatic carbocycles. The van der Waals surface area contributed by atoms with Gasteiger partial charge in [-0.15, -0.1) is 0 Å². The molecule has 0 unspecified atom stereocenters. The summed E-state index contributed by atoms with van der Waals surface area (Å²) in [5.41, 5.74) is 10.7. The molecule has 0 bridgehead atoms. The molecule has 0 fully saturated rings. The van der Waals surface area contributed by atoms with Gasteiger partial charge in [-0.3, -0.25) is 19.8 Å². The van der Waals surface area contributed by atoms with Crippen LogP contribution in [0.2, 0.25) is 0 Å². The second kappa shape index (κ2) is 10.8. The van der Waals surface area contributed by atoms with Crippen LogP contribution in [-0.4, -0.2) is 65.1 Å². The number of amides is 2. The van der Waals surface area contributed by atoms with Crippen LogP contribution in [0.15, 0.2) is 0 Å². The number of hydrogen-bond donors (Lipinski definition) is 8. The molecule has 0 aliphatic rings. The van der Waals surface area contributed by atoms with Crippen molar-refractivity contribution in [3.63, 3.8) is 0 Å². The molecule has 10 N–H and O–H groups in total. The number of carboxylic acids is 2. The molecule has 0 saturated carbocycles. The highest BCUT2D eigenvalue weighted by molar-refractivity contribution is 5.90. The van der Waals surface area contributed by atoms with Crippen molar-refractivity contribution in [3.8, 4) is 0 Å².